The maximum absolute atomic E-state index is 12.5. The van der Waals surface area contributed by atoms with E-state index in [-0.39, 0.29) is 23.5 Å². The first-order chi connectivity index (χ1) is 10.0. The minimum absolute atomic E-state index is 0.0117. The van der Waals surface area contributed by atoms with Crippen molar-refractivity contribution in [1.29, 1.82) is 5.26 Å². The van der Waals surface area contributed by atoms with Gasteiger partial charge in [-0.25, -0.2) is 13.1 Å². The summed E-state index contributed by atoms with van der Waals surface area (Å²) in [4.78, 5) is 0.112. The Morgan fingerprint density at radius 1 is 1.33 bits per heavy atom. The molecule has 0 amide bonds. The summed E-state index contributed by atoms with van der Waals surface area (Å²) in [5.74, 6) is 0.761. The van der Waals surface area contributed by atoms with Gasteiger partial charge in [0.2, 0.25) is 10.0 Å². The Balaban J connectivity index is 1.84. The highest BCUT2D eigenvalue weighted by Gasteiger charge is 2.48. The molecule has 0 saturated heterocycles. The summed E-state index contributed by atoms with van der Waals surface area (Å²) in [5.41, 5.74) is 0.324. The third kappa shape index (κ3) is 2.57. The molecular formula is C15H18N2O3S. The lowest BCUT2D eigenvalue weighted by Crippen LogP contribution is -2.45. The number of nitriles is 1. The summed E-state index contributed by atoms with van der Waals surface area (Å²) in [6, 6.07) is 7.77. The fraction of sp³-hybridized carbons (Fsp3) is 0.533. The number of hydrogen-bond acceptors (Lipinski definition) is 4. The van der Waals surface area contributed by atoms with Crippen LogP contribution in [0.15, 0.2) is 29.2 Å². The van der Waals surface area contributed by atoms with E-state index >= 15 is 0 Å². The average Bonchev–Trinajstić information content (AvgIpc) is 3.08. The molecule has 1 aromatic carbocycles. The van der Waals surface area contributed by atoms with Gasteiger partial charge in [-0.05, 0) is 49.3 Å². The first-order valence-electron chi connectivity index (χ1n) is 7.18. The maximum Gasteiger partial charge on any atom is 0.240 e. The van der Waals surface area contributed by atoms with Crippen LogP contribution in [0.2, 0.25) is 0 Å². The number of hydrogen-bond donors (Lipinski definition) is 2. The van der Waals surface area contributed by atoms with Gasteiger partial charge in [-0.15, -0.1) is 0 Å². The van der Waals surface area contributed by atoms with Crippen LogP contribution in [0, 0.1) is 29.1 Å². The molecule has 21 heavy (non-hydrogen) atoms. The van der Waals surface area contributed by atoms with E-state index in [0.29, 0.717) is 17.4 Å². The van der Waals surface area contributed by atoms with Crippen LogP contribution in [0.25, 0.3) is 0 Å². The highest BCUT2D eigenvalue weighted by atomic mass is 32.2. The predicted molar refractivity (Wildman–Crippen MR) is 76.7 cm³/mol. The number of nitrogens with one attached hydrogen (secondary N) is 1. The van der Waals surface area contributed by atoms with Crippen LogP contribution in [-0.2, 0) is 10.0 Å². The van der Waals surface area contributed by atoms with E-state index in [0.717, 1.165) is 19.3 Å². The number of sulfonamides is 1. The number of rotatable bonds is 4. The van der Waals surface area contributed by atoms with E-state index in [1.54, 1.807) is 12.1 Å². The largest absolute Gasteiger partial charge is 0.396 e. The van der Waals surface area contributed by atoms with E-state index in [1.807, 2.05) is 6.07 Å². The molecule has 2 saturated carbocycles. The number of aliphatic hydroxyl groups is 1. The SMILES string of the molecule is N#Cc1cccc(S(=O)(=O)NC2C3CCC(C3)C2CO)c1. The number of benzene rings is 1. The quantitative estimate of drug-likeness (QED) is 0.876. The second-order valence-electron chi connectivity index (χ2n) is 5.97. The van der Waals surface area contributed by atoms with Crippen LogP contribution in [0.3, 0.4) is 0 Å². The van der Waals surface area contributed by atoms with Gasteiger partial charge < -0.3 is 5.11 Å². The van der Waals surface area contributed by atoms with Gasteiger partial charge in [0.05, 0.1) is 16.5 Å². The van der Waals surface area contributed by atoms with Crippen molar-refractivity contribution in [2.24, 2.45) is 17.8 Å². The highest BCUT2D eigenvalue weighted by molar-refractivity contribution is 7.89. The van der Waals surface area contributed by atoms with Crippen molar-refractivity contribution in [2.45, 2.75) is 30.2 Å². The molecule has 1 aromatic rings. The zero-order valence-corrected chi connectivity index (χ0v) is 12.4. The molecule has 2 aliphatic carbocycles. The molecule has 0 aromatic heterocycles. The van der Waals surface area contributed by atoms with Gasteiger partial charge in [0.1, 0.15) is 0 Å². The average molecular weight is 306 g/mol. The Morgan fingerprint density at radius 2 is 2.10 bits per heavy atom. The first-order valence-corrected chi connectivity index (χ1v) is 8.67. The maximum atomic E-state index is 12.5. The van der Waals surface area contributed by atoms with Crippen LogP contribution >= 0.6 is 0 Å². The summed E-state index contributed by atoms with van der Waals surface area (Å²) >= 11 is 0. The number of nitrogens with zero attached hydrogens (tertiary/aromatic N) is 1. The topological polar surface area (TPSA) is 90.2 Å². The summed E-state index contributed by atoms with van der Waals surface area (Å²) in [6.07, 6.45) is 3.10. The van der Waals surface area contributed by atoms with Crippen LogP contribution in [-0.4, -0.2) is 26.2 Å². The molecule has 0 heterocycles. The summed E-state index contributed by atoms with van der Waals surface area (Å²) in [6.45, 7) is 0.0204. The first kappa shape index (κ1) is 14.5. The fourth-order valence-electron chi connectivity index (χ4n) is 3.84. The molecule has 0 spiro atoms. The highest BCUT2D eigenvalue weighted by Crippen LogP contribution is 2.48. The molecule has 2 fully saturated rings. The molecule has 5 nitrogen and oxygen atoms in total. The van der Waals surface area contributed by atoms with Crippen LogP contribution < -0.4 is 4.72 Å². The van der Waals surface area contributed by atoms with Gasteiger partial charge >= 0.3 is 0 Å². The van der Waals surface area contributed by atoms with Crippen molar-refractivity contribution < 1.29 is 13.5 Å². The molecule has 0 aliphatic heterocycles. The van der Waals surface area contributed by atoms with Crippen molar-refractivity contribution in [3.05, 3.63) is 29.8 Å². The Morgan fingerprint density at radius 3 is 2.81 bits per heavy atom. The van der Waals surface area contributed by atoms with Gasteiger partial charge in [-0.3, -0.25) is 0 Å². The van der Waals surface area contributed by atoms with Crippen molar-refractivity contribution in [3.63, 3.8) is 0 Å². The van der Waals surface area contributed by atoms with E-state index in [2.05, 4.69) is 4.72 Å². The van der Waals surface area contributed by atoms with Gasteiger partial charge in [0.25, 0.3) is 0 Å². The Labute approximate surface area is 124 Å². The summed E-state index contributed by atoms with van der Waals surface area (Å²) < 4.78 is 27.7. The molecule has 2 aliphatic rings. The van der Waals surface area contributed by atoms with Crippen LogP contribution in [0.1, 0.15) is 24.8 Å². The molecule has 2 N–H and O–H groups in total. The molecule has 0 radical (unpaired) electrons. The standard InChI is InChI=1S/C15H18N2O3S/c16-8-10-2-1-3-13(6-10)21(19,20)17-15-12-5-4-11(7-12)14(15)9-18/h1-3,6,11-12,14-15,17-18H,4-5,7,9H2. The zero-order chi connectivity index (χ0) is 15.0. The second kappa shape index (κ2) is 5.41. The molecular weight excluding hydrogens is 288 g/mol. The molecule has 4 atom stereocenters. The van der Waals surface area contributed by atoms with Gasteiger partial charge in [0, 0.05) is 18.6 Å². The minimum atomic E-state index is -3.65. The number of fused-ring (bicyclic) bond motifs is 2. The van der Waals surface area contributed by atoms with Gasteiger partial charge in [-0.1, -0.05) is 6.07 Å². The third-order valence-electron chi connectivity index (χ3n) is 4.86. The lowest BCUT2D eigenvalue weighted by molar-refractivity contribution is 0.153. The molecule has 6 heteroatoms. The van der Waals surface area contributed by atoms with Crippen molar-refractivity contribution in [3.8, 4) is 6.07 Å². The summed E-state index contributed by atoms with van der Waals surface area (Å²) in [5, 5.41) is 18.4. The lowest BCUT2D eigenvalue weighted by atomic mass is 9.86. The van der Waals surface area contributed by atoms with E-state index in [1.165, 1.54) is 12.1 Å². The molecule has 2 bridgehead atoms. The van der Waals surface area contributed by atoms with E-state index in [9.17, 15) is 13.5 Å². The minimum Gasteiger partial charge on any atom is -0.396 e. The predicted octanol–water partition coefficient (Wildman–Crippen LogP) is 1.24. The Kier molecular flexibility index (Phi) is 3.74. The van der Waals surface area contributed by atoms with Gasteiger partial charge in [-0.2, -0.15) is 5.26 Å². The smallest absolute Gasteiger partial charge is 0.240 e. The van der Waals surface area contributed by atoms with E-state index < -0.39 is 10.0 Å². The second-order valence-corrected chi connectivity index (χ2v) is 7.68. The molecule has 3 rings (SSSR count). The molecule has 4 unspecified atom stereocenters. The Bertz CT molecular complexity index is 680. The van der Waals surface area contributed by atoms with E-state index in [4.69, 9.17) is 5.26 Å². The van der Waals surface area contributed by atoms with Crippen molar-refractivity contribution in [1.82, 2.24) is 4.72 Å². The number of aliphatic hydroxyl groups excluding tert-OH is 1. The zero-order valence-electron chi connectivity index (χ0n) is 11.6. The summed E-state index contributed by atoms with van der Waals surface area (Å²) in [7, 11) is -3.65. The lowest BCUT2D eigenvalue weighted by Gasteiger charge is -2.30. The van der Waals surface area contributed by atoms with Gasteiger partial charge in [0.15, 0.2) is 0 Å². The monoisotopic (exact) mass is 306 g/mol. The van der Waals surface area contributed by atoms with Crippen molar-refractivity contribution in [2.75, 3.05) is 6.61 Å². The third-order valence-corrected chi connectivity index (χ3v) is 6.32. The fourth-order valence-corrected chi connectivity index (χ4v) is 5.24. The van der Waals surface area contributed by atoms with Crippen molar-refractivity contribution >= 4 is 10.0 Å². The molecule has 112 valence electrons. The van der Waals surface area contributed by atoms with Crippen LogP contribution in [0.5, 0.6) is 0 Å². The normalized spacial score (nSPS) is 31.2. The Hall–Kier alpha value is -1.42. The van der Waals surface area contributed by atoms with Crippen LogP contribution in [0.4, 0.5) is 0 Å².